The summed E-state index contributed by atoms with van der Waals surface area (Å²) in [7, 11) is 0. The average Bonchev–Trinajstić information content (AvgIpc) is 3.09. The van der Waals surface area contributed by atoms with Gasteiger partial charge in [-0.25, -0.2) is 0 Å². The van der Waals surface area contributed by atoms with Gasteiger partial charge in [-0.05, 0) is 42.5 Å². The number of nitrogens with one attached hydrogen (secondary N) is 1. The molecule has 23 heavy (non-hydrogen) atoms. The van der Waals surface area contributed by atoms with Crippen LogP contribution in [0.2, 0.25) is 0 Å². The summed E-state index contributed by atoms with van der Waals surface area (Å²) >= 11 is 0. The third kappa shape index (κ3) is 4.11. The summed E-state index contributed by atoms with van der Waals surface area (Å²) in [5, 5.41) is 2.80. The standard InChI is InChI=1S/C19H15NO3/c21-19(13-12-15-9-6-14-22-15)20-17-10-4-5-11-18(17)23-16-7-2-1-3-8-16/h1-14H,(H,20,21)/b13-12+. The molecule has 1 N–H and O–H groups in total. The van der Waals surface area contributed by atoms with Gasteiger partial charge >= 0.3 is 0 Å². The molecular weight excluding hydrogens is 290 g/mol. The average molecular weight is 305 g/mol. The van der Waals surface area contributed by atoms with Gasteiger partial charge in [-0.1, -0.05) is 30.3 Å². The smallest absolute Gasteiger partial charge is 0.248 e. The first-order valence-electron chi connectivity index (χ1n) is 7.16. The first-order valence-corrected chi connectivity index (χ1v) is 7.16. The Balaban J connectivity index is 1.71. The molecule has 114 valence electrons. The first kappa shape index (κ1) is 14.7. The molecule has 0 spiro atoms. The fourth-order valence-electron chi connectivity index (χ4n) is 1.99. The van der Waals surface area contributed by atoms with E-state index in [2.05, 4.69) is 5.32 Å². The highest BCUT2D eigenvalue weighted by Crippen LogP contribution is 2.29. The molecule has 1 aromatic heterocycles. The number of carbonyl (C=O) groups excluding carboxylic acids is 1. The fourth-order valence-corrected chi connectivity index (χ4v) is 1.99. The van der Waals surface area contributed by atoms with Crippen molar-refractivity contribution >= 4 is 17.7 Å². The van der Waals surface area contributed by atoms with Crippen molar-refractivity contribution in [2.45, 2.75) is 0 Å². The van der Waals surface area contributed by atoms with Crippen molar-refractivity contribution in [2.75, 3.05) is 5.32 Å². The number of hydrogen-bond donors (Lipinski definition) is 1. The lowest BCUT2D eigenvalue weighted by atomic mass is 10.2. The Morgan fingerprint density at radius 2 is 1.74 bits per heavy atom. The highest BCUT2D eigenvalue weighted by atomic mass is 16.5. The van der Waals surface area contributed by atoms with E-state index in [1.165, 1.54) is 6.08 Å². The minimum Gasteiger partial charge on any atom is -0.465 e. The van der Waals surface area contributed by atoms with Gasteiger partial charge in [0.15, 0.2) is 5.75 Å². The number of furan rings is 1. The number of rotatable bonds is 5. The minimum atomic E-state index is -0.259. The van der Waals surface area contributed by atoms with E-state index in [0.717, 1.165) is 0 Å². The topological polar surface area (TPSA) is 51.5 Å². The molecule has 0 unspecified atom stereocenters. The molecule has 0 atom stereocenters. The predicted octanol–water partition coefficient (Wildman–Crippen LogP) is 4.72. The zero-order valence-corrected chi connectivity index (χ0v) is 12.3. The third-order valence-corrected chi connectivity index (χ3v) is 3.06. The van der Waals surface area contributed by atoms with Crippen molar-refractivity contribution in [1.82, 2.24) is 0 Å². The molecule has 0 aliphatic rings. The fraction of sp³-hybridized carbons (Fsp3) is 0. The zero-order valence-electron chi connectivity index (χ0n) is 12.3. The summed E-state index contributed by atoms with van der Waals surface area (Å²) in [4.78, 5) is 12.0. The SMILES string of the molecule is O=C(/C=C/c1ccco1)Nc1ccccc1Oc1ccccc1. The van der Waals surface area contributed by atoms with E-state index in [1.54, 1.807) is 36.6 Å². The van der Waals surface area contributed by atoms with Crippen LogP contribution in [0.1, 0.15) is 5.76 Å². The van der Waals surface area contributed by atoms with E-state index in [-0.39, 0.29) is 5.91 Å². The lowest BCUT2D eigenvalue weighted by Gasteiger charge is -2.11. The van der Waals surface area contributed by atoms with Crippen LogP contribution in [0.5, 0.6) is 11.5 Å². The lowest BCUT2D eigenvalue weighted by molar-refractivity contribution is -0.111. The van der Waals surface area contributed by atoms with E-state index in [0.29, 0.717) is 22.9 Å². The summed E-state index contributed by atoms with van der Waals surface area (Å²) in [5.74, 6) is 1.65. The molecule has 0 fully saturated rings. The van der Waals surface area contributed by atoms with Crippen molar-refractivity contribution < 1.29 is 13.9 Å². The van der Waals surface area contributed by atoms with Gasteiger partial charge in [0.1, 0.15) is 11.5 Å². The number of hydrogen-bond acceptors (Lipinski definition) is 3. The molecule has 3 aromatic rings. The maximum atomic E-state index is 12.0. The molecule has 4 nitrogen and oxygen atoms in total. The number of anilines is 1. The summed E-state index contributed by atoms with van der Waals surface area (Å²) in [6, 6.07) is 20.2. The largest absolute Gasteiger partial charge is 0.465 e. The molecule has 0 aliphatic carbocycles. The van der Waals surface area contributed by atoms with Crippen molar-refractivity contribution in [2.24, 2.45) is 0 Å². The van der Waals surface area contributed by atoms with E-state index in [1.807, 2.05) is 42.5 Å². The van der Waals surface area contributed by atoms with Crippen LogP contribution < -0.4 is 10.1 Å². The molecule has 2 aromatic carbocycles. The Morgan fingerprint density at radius 1 is 0.957 bits per heavy atom. The molecule has 0 aliphatic heterocycles. The molecule has 0 saturated carbocycles. The molecule has 4 heteroatoms. The number of amides is 1. The minimum absolute atomic E-state index is 0.259. The Labute approximate surface area is 134 Å². The maximum Gasteiger partial charge on any atom is 0.248 e. The van der Waals surface area contributed by atoms with Crippen LogP contribution in [-0.4, -0.2) is 5.91 Å². The van der Waals surface area contributed by atoms with Gasteiger partial charge in [0, 0.05) is 6.08 Å². The molecule has 0 saturated heterocycles. The van der Waals surface area contributed by atoms with Crippen LogP contribution in [-0.2, 0) is 4.79 Å². The molecule has 1 heterocycles. The van der Waals surface area contributed by atoms with Crippen molar-refractivity contribution in [3.8, 4) is 11.5 Å². The second-order valence-electron chi connectivity index (χ2n) is 4.75. The Bertz CT molecular complexity index is 793. The number of carbonyl (C=O) groups is 1. The molecule has 1 amide bonds. The van der Waals surface area contributed by atoms with Crippen LogP contribution in [0.4, 0.5) is 5.69 Å². The highest BCUT2D eigenvalue weighted by molar-refractivity contribution is 6.02. The molecule has 3 rings (SSSR count). The first-order chi connectivity index (χ1) is 11.3. The van der Waals surface area contributed by atoms with Crippen LogP contribution in [0.25, 0.3) is 6.08 Å². The summed E-state index contributed by atoms with van der Waals surface area (Å²) in [6.07, 6.45) is 4.58. The molecular formula is C19H15NO3. The van der Waals surface area contributed by atoms with Gasteiger partial charge in [0.2, 0.25) is 5.91 Å². The van der Waals surface area contributed by atoms with Crippen molar-refractivity contribution in [3.63, 3.8) is 0 Å². The monoisotopic (exact) mass is 305 g/mol. The van der Waals surface area contributed by atoms with Gasteiger partial charge in [-0.15, -0.1) is 0 Å². The van der Waals surface area contributed by atoms with Gasteiger partial charge in [-0.3, -0.25) is 4.79 Å². The zero-order chi connectivity index (χ0) is 15.9. The van der Waals surface area contributed by atoms with Crippen LogP contribution in [0, 0.1) is 0 Å². The molecule has 0 radical (unpaired) electrons. The predicted molar refractivity (Wildman–Crippen MR) is 89.3 cm³/mol. The van der Waals surface area contributed by atoms with Crippen molar-refractivity contribution in [3.05, 3.63) is 84.8 Å². The maximum absolute atomic E-state index is 12.0. The number of para-hydroxylation sites is 3. The summed E-state index contributed by atoms with van der Waals surface area (Å²) in [5.41, 5.74) is 0.602. The van der Waals surface area contributed by atoms with Crippen LogP contribution in [0.3, 0.4) is 0 Å². The van der Waals surface area contributed by atoms with Crippen LogP contribution in [0.15, 0.2) is 83.5 Å². The second-order valence-corrected chi connectivity index (χ2v) is 4.75. The van der Waals surface area contributed by atoms with Gasteiger partial charge in [-0.2, -0.15) is 0 Å². The Kier molecular flexibility index (Phi) is 4.55. The van der Waals surface area contributed by atoms with Crippen LogP contribution >= 0.6 is 0 Å². The summed E-state index contributed by atoms with van der Waals surface area (Å²) in [6.45, 7) is 0. The quantitative estimate of drug-likeness (QED) is 0.694. The van der Waals surface area contributed by atoms with Gasteiger partial charge in [0.25, 0.3) is 0 Å². The Hall–Kier alpha value is -3.27. The van der Waals surface area contributed by atoms with E-state index >= 15 is 0 Å². The Morgan fingerprint density at radius 3 is 2.52 bits per heavy atom. The summed E-state index contributed by atoms with van der Waals surface area (Å²) < 4.78 is 10.9. The lowest BCUT2D eigenvalue weighted by Crippen LogP contribution is -2.08. The van der Waals surface area contributed by atoms with E-state index in [9.17, 15) is 4.79 Å². The van der Waals surface area contributed by atoms with E-state index < -0.39 is 0 Å². The highest BCUT2D eigenvalue weighted by Gasteiger charge is 2.06. The number of ether oxygens (including phenoxy) is 1. The van der Waals surface area contributed by atoms with Gasteiger partial charge < -0.3 is 14.5 Å². The second kappa shape index (κ2) is 7.13. The van der Waals surface area contributed by atoms with Gasteiger partial charge in [0.05, 0.1) is 12.0 Å². The van der Waals surface area contributed by atoms with E-state index in [4.69, 9.17) is 9.15 Å². The molecule has 0 bridgehead atoms. The third-order valence-electron chi connectivity index (χ3n) is 3.06. The number of benzene rings is 2. The normalized spacial score (nSPS) is 10.6. The van der Waals surface area contributed by atoms with Crippen molar-refractivity contribution in [1.29, 1.82) is 0 Å².